The van der Waals surface area contributed by atoms with Crippen LogP contribution in [0.1, 0.15) is 31.3 Å². The largest absolute Gasteiger partial charge is 0.481 e. The number of aliphatic carboxylic acids is 1. The molecule has 7 nitrogen and oxygen atoms in total. The molecule has 20 heavy (non-hydrogen) atoms. The number of aromatic nitrogens is 4. The molecule has 108 valence electrons. The number of carboxylic acid groups (broad SMARTS) is 1. The van der Waals surface area contributed by atoms with Crippen molar-refractivity contribution in [3.63, 3.8) is 0 Å². The monoisotopic (exact) mass is 278 g/mol. The lowest BCUT2D eigenvalue weighted by Gasteiger charge is -2.12. The third-order valence-corrected chi connectivity index (χ3v) is 3.29. The Morgan fingerprint density at radius 3 is 2.80 bits per heavy atom. The molecule has 0 saturated carbocycles. The van der Waals surface area contributed by atoms with Gasteiger partial charge in [0.25, 0.3) is 0 Å². The smallest absolute Gasteiger partial charge is 0.303 e. The molecule has 0 radical (unpaired) electrons. The van der Waals surface area contributed by atoms with Crippen molar-refractivity contribution in [1.82, 2.24) is 20.2 Å². The van der Waals surface area contributed by atoms with E-state index >= 15 is 0 Å². The molecule has 2 aromatic heterocycles. The van der Waals surface area contributed by atoms with E-state index in [1.54, 1.807) is 4.68 Å². The van der Waals surface area contributed by atoms with Crippen molar-refractivity contribution in [1.29, 1.82) is 0 Å². The average molecular weight is 278 g/mol. The molecule has 1 N–H and O–H groups in total. The Bertz CT molecular complexity index is 603. The van der Waals surface area contributed by atoms with Gasteiger partial charge < -0.3 is 9.52 Å². The molecular formula is C13H18N4O3. The summed E-state index contributed by atoms with van der Waals surface area (Å²) in [4.78, 5) is 10.8. The Labute approximate surface area is 116 Å². The number of carboxylic acids is 1. The number of furan rings is 1. The predicted octanol–water partition coefficient (Wildman–Crippen LogP) is 2.05. The summed E-state index contributed by atoms with van der Waals surface area (Å²) >= 11 is 0. The molecule has 0 fully saturated rings. The van der Waals surface area contributed by atoms with Gasteiger partial charge in [0.05, 0.1) is 5.56 Å². The summed E-state index contributed by atoms with van der Waals surface area (Å²) in [5.41, 5.74) is 0.845. The highest BCUT2D eigenvalue weighted by Gasteiger charge is 2.19. The van der Waals surface area contributed by atoms with Gasteiger partial charge in [-0.1, -0.05) is 13.3 Å². The van der Waals surface area contributed by atoms with E-state index in [9.17, 15) is 4.79 Å². The first-order valence-electron chi connectivity index (χ1n) is 6.56. The second-order valence-corrected chi connectivity index (χ2v) is 4.88. The standard InChI is InChI=1S/C13H18N4O3/c1-4-10(6-12(18)19)7-17-13(14-15-16-17)11-5-8(2)20-9(11)3/h5,10H,4,6-7H2,1-3H3,(H,18,19). The normalized spacial score (nSPS) is 12.6. The van der Waals surface area contributed by atoms with E-state index in [1.807, 2.05) is 26.8 Å². The van der Waals surface area contributed by atoms with Crippen molar-refractivity contribution in [3.8, 4) is 11.4 Å². The fourth-order valence-corrected chi connectivity index (χ4v) is 2.20. The van der Waals surface area contributed by atoms with Gasteiger partial charge >= 0.3 is 5.97 Å². The summed E-state index contributed by atoms with van der Waals surface area (Å²) in [5, 5.41) is 20.6. The van der Waals surface area contributed by atoms with E-state index in [0.717, 1.165) is 23.5 Å². The fraction of sp³-hybridized carbons (Fsp3) is 0.538. The maximum atomic E-state index is 10.8. The highest BCUT2D eigenvalue weighted by molar-refractivity contribution is 5.67. The van der Waals surface area contributed by atoms with Gasteiger partial charge in [0.2, 0.25) is 0 Å². The van der Waals surface area contributed by atoms with Crippen molar-refractivity contribution in [2.45, 2.75) is 40.2 Å². The second-order valence-electron chi connectivity index (χ2n) is 4.88. The van der Waals surface area contributed by atoms with Crippen molar-refractivity contribution >= 4 is 5.97 Å². The Morgan fingerprint density at radius 2 is 2.25 bits per heavy atom. The van der Waals surface area contributed by atoms with E-state index in [1.165, 1.54) is 0 Å². The van der Waals surface area contributed by atoms with Crippen LogP contribution in [0.2, 0.25) is 0 Å². The van der Waals surface area contributed by atoms with Gasteiger partial charge in [0, 0.05) is 13.0 Å². The Morgan fingerprint density at radius 1 is 1.50 bits per heavy atom. The maximum Gasteiger partial charge on any atom is 0.303 e. The molecule has 0 aliphatic heterocycles. The highest BCUT2D eigenvalue weighted by Crippen LogP contribution is 2.25. The summed E-state index contributed by atoms with van der Waals surface area (Å²) in [7, 11) is 0. The molecule has 0 bridgehead atoms. The van der Waals surface area contributed by atoms with Gasteiger partial charge in [-0.25, -0.2) is 4.68 Å². The molecule has 2 aromatic rings. The number of carbonyl (C=O) groups is 1. The van der Waals surface area contributed by atoms with Crippen LogP contribution >= 0.6 is 0 Å². The van der Waals surface area contributed by atoms with E-state index in [0.29, 0.717) is 12.4 Å². The predicted molar refractivity (Wildman–Crippen MR) is 71.0 cm³/mol. The molecule has 7 heteroatoms. The second kappa shape index (κ2) is 5.85. The molecule has 0 aromatic carbocycles. The number of aryl methyl sites for hydroxylation is 2. The van der Waals surface area contributed by atoms with Crippen LogP contribution in [0.5, 0.6) is 0 Å². The molecule has 2 heterocycles. The van der Waals surface area contributed by atoms with Crippen LogP contribution in [0.4, 0.5) is 0 Å². The first-order chi connectivity index (χ1) is 9.51. The lowest BCUT2D eigenvalue weighted by molar-refractivity contribution is -0.138. The zero-order valence-electron chi connectivity index (χ0n) is 11.8. The minimum absolute atomic E-state index is 0.00283. The van der Waals surface area contributed by atoms with Crippen molar-refractivity contribution < 1.29 is 14.3 Å². The third-order valence-electron chi connectivity index (χ3n) is 3.29. The molecule has 0 amide bonds. The number of rotatable bonds is 6. The number of hydrogen-bond acceptors (Lipinski definition) is 5. The van der Waals surface area contributed by atoms with Gasteiger partial charge in [-0.2, -0.15) is 0 Å². The first-order valence-corrected chi connectivity index (χ1v) is 6.56. The summed E-state index contributed by atoms with van der Waals surface area (Å²) < 4.78 is 7.13. The molecule has 0 aliphatic rings. The van der Waals surface area contributed by atoms with E-state index < -0.39 is 5.97 Å². The third kappa shape index (κ3) is 3.04. The minimum atomic E-state index is -0.804. The lowest BCUT2D eigenvalue weighted by atomic mass is 10.0. The lowest BCUT2D eigenvalue weighted by Crippen LogP contribution is -2.16. The van der Waals surface area contributed by atoms with Crippen LogP contribution in [-0.4, -0.2) is 31.3 Å². The molecule has 1 unspecified atom stereocenters. The van der Waals surface area contributed by atoms with E-state index in [2.05, 4.69) is 15.5 Å². The van der Waals surface area contributed by atoms with Crippen LogP contribution < -0.4 is 0 Å². The minimum Gasteiger partial charge on any atom is -0.481 e. The Balaban J connectivity index is 2.24. The van der Waals surface area contributed by atoms with E-state index in [-0.39, 0.29) is 12.3 Å². The Kier molecular flexibility index (Phi) is 4.16. The van der Waals surface area contributed by atoms with Crippen LogP contribution in [-0.2, 0) is 11.3 Å². The maximum absolute atomic E-state index is 10.8. The van der Waals surface area contributed by atoms with Gasteiger partial charge in [-0.3, -0.25) is 4.79 Å². The average Bonchev–Trinajstić information content (AvgIpc) is 2.94. The van der Waals surface area contributed by atoms with Crippen molar-refractivity contribution in [3.05, 3.63) is 17.6 Å². The molecule has 0 aliphatic carbocycles. The zero-order valence-corrected chi connectivity index (χ0v) is 11.8. The first kappa shape index (κ1) is 14.2. The van der Waals surface area contributed by atoms with Crippen LogP contribution in [0.15, 0.2) is 10.5 Å². The highest BCUT2D eigenvalue weighted by atomic mass is 16.4. The Hall–Kier alpha value is -2.18. The topological polar surface area (TPSA) is 94.0 Å². The van der Waals surface area contributed by atoms with Crippen LogP contribution in [0, 0.1) is 19.8 Å². The summed E-state index contributed by atoms with van der Waals surface area (Å²) in [6, 6.07) is 1.88. The SMILES string of the molecule is CCC(CC(=O)O)Cn1nnnc1-c1cc(C)oc1C. The quantitative estimate of drug-likeness (QED) is 0.869. The summed E-state index contributed by atoms with van der Waals surface area (Å²) in [6.45, 7) is 6.17. The molecular weight excluding hydrogens is 260 g/mol. The number of tetrazole rings is 1. The fourth-order valence-electron chi connectivity index (χ4n) is 2.20. The molecule has 1 atom stereocenters. The molecule has 0 saturated heterocycles. The zero-order chi connectivity index (χ0) is 14.7. The number of hydrogen-bond donors (Lipinski definition) is 1. The van der Waals surface area contributed by atoms with Crippen LogP contribution in [0.3, 0.4) is 0 Å². The molecule has 2 rings (SSSR count). The van der Waals surface area contributed by atoms with Crippen molar-refractivity contribution in [2.75, 3.05) is 0 Å². The van der Waals surface area contributed by atoms with Gasteiger partial charge in [0.1, 0.15) is 11.5 Å². The number of nitrogens with zero attached hydrogens (tertiary/aromatic N) is 4. The van der Waals surface area contributed by atoms with Gasteiger partial charge in [-0.15, -0.1) is 5.10 Å². The summed E-state index contributed by atoms with van der Waals surface area (Å²) in [5.74, 6) is 1.36. The van der Waals surface area contributed by atoms with Crippen LogP contribution in [0.25, 0.3) is 11.4 Å². The van der Waals surface area contributed by atoms with E-state index in [4.69, 9.17) is 9.52 Å². The molecule has 0 spiro atoms. The summed E-state index contributed by atoms with van der Waals surface area (Å²) in [6.07, 6.45) is 0.869. The van der Waals surface area contributed by atoms with Gasteiger partial charge in [-0.05, 0) is 36.3 Å². The van der Waals surface area contributed by atoms with Gasteiger partial charge in [0.15, 0.2) is 5.82 Å². The van der Waals surface area contributed by atoms with Crippen molar-refractivity contribution in [2.24, 2.45) is 5.92 Å².